The van der Waals surface area contributed by atoms with E-state index < -0.39 is 0 Å². The number of hydrogen-bond acceptors (Lipinski definition) is 5. The molecule has 20 heavy (non-hydrogen) atoms. The number of halogens is 1. The Balaban J connectivity index is 1.88. The van der Waals surface area contributed by atoms with Crippen molar-refractivity contribution in [2.24, 2.45) is 0 Å². The first-order valence-corrected chi connectivity index (χ1v) is 7.30. The Kier molecular flexibility index (Phi) is 3.71. The third kappa shape index (κ3) is 2.55. The summed E-state index contributed by atoms with van der Waals surface area (Å²) in [5.41, 5.74) is 1.06. The van der Waals surface area contributed by atoms with Crippen LogP contribution in [0.15, 0.2) is 35.7 Å². The topological polar surface area (TPSA) is 47.0 Å². The summed E-state index contributed by atoms with van der Waals surface area (Å²) in [5.74, 6) is 1.59. The molecule has 0 fully saturated rings. The second-order valence-electron chi connectivity index (χ2n) is 4.15. The average molecular weight is 306 g/mol. The van der Waals surface area contributed by atoms with Gasteiger partial charge in [0.1, 0.15) is 16.4 Å². The Morgan fingerprint density at radius 3 is 2.95 bits per heavy atom. The lowest BCUT2D eigenvalue weighted by Crippen LogP contribution is -2.04. The molecule has 0 radical (unpaired) electrons. The molecular weight excluding hydrogens is 294 g/mol. The Bertz CT molecular complexity index is 744. The molecule has 0 spiro atoms. The molecule has 0 saturated carbocycles. The number of para-hydroxylation sites is 1. The molecule has 102 valence electrons. The van der Waals surface area contributed by atoms with E-state index in [2.05, 4.69) is 15.3 Å². The van der Waals surface area contributed by atoms with Gasteiger partial charge in [0.05, 0.1) is 12.5 Å². The van der Waals surface area contributed by atoms with Crippen LogP contribution < -0.4 is 10.1 Å². The number of hydrogen-bond donors (Lipinski definition) is 1. The third-order valence-corrected chi connectivity index (χ3v) is 3.91. The van der Waals surface area contributed by atoms with Gasteiger partial charge in [0.25, 0.3) is 0 Å². The highest BCUT2D eigenvalue weighted by Crippen LogP contribution is 2.27. The molecule has 0 bridgehead atoms. The molecule has 6 heteroatoms. The quantitative estimate of drug-likeness (QED) is 0.741. The number of ether oxygens (including phenoxy) is 1. The van der Waals surface area contributed by atoms with Gasteiger partial charge in [0, 0.05) is 12.1 Å². The first kappa shape index (κ1) is 13.1. The number of thiophene rings is 1. The summed E-state index contributed by atoms with van der Waals surface area (Å²) in [4.78, 5) is 9.33. The molecule has 3 rings (SSSR count). The molecule has 0 unspecified atom stereocenters. The lowest BCUT2D eigenvalue weighted by atomic mass is 10.2. The Morgan fingerprint density at radius 2 is 2.10 bits per heavy atom. The van der Waals surface area contributed by atoms with Gasteiger partial charge in [-0.3, -0.25) is 0 Å². The zero-order valence-electron chi connectivity index (χ0n) is 10.8. The number of methoxy groups -OCH3 is 1. The maximum absolute atomic E-state index is 5.94. The monoisotopic (exact) mass is 305 g/mol. The summed E-state index contributed by atoms with van der Waals surface area (Å²) in [6.45, 7) is 0.613. The van der Waals surface area contributed by atoms with Crippen molar-refractivity contribution < 1.29 is 4.74 Å². The number of fused-ring (bicyclic) bond motifs is 1. The van der Waals surface area contributed by atoms with E-state index in [1.165, 1.54) is 0 Å². The molecule has 0 aliphatic heterocycles. The number of rotatable bonds is 4. The van der Waals surface area contributed by atoms with Gasteiger partial charge in [-0.2, -0.15) is 0 Å². The Morgan fingerprint density at radius 1 is 1.25 bits per heavy atom. The van der Waals surface area contributed by atoms with Crippen LogP contribution in [0, 0.1) is 0 Å². The molecule has 1 N–H and O–H groups in total. The molecule has 0 aliphatic rings. The normalized spacial score (nSPS) is 10.7. The van der Waals surface area contributed by atoms with E-state index in [0.717, 1.165) is 27.3 Å². The van der Waals surface area contributed by atoms with E-state index in [4.69, 9.17) is 16.3 Å². The van der Waals surface area contributed by atoms with E-state index in [-0.39, 0.29) is 5.28 Å². The molecule has 2 aromatic heterocycles. The summed E-state index contributed by atoms with van der Waals surface area (Å²) < 4.78 is 5.33. The Labute approximate surface area is 125 Å². The number of benzene rings is 1. The minimum Gasteiger partial charge on any atom is -0.496 e. The predicted octanol–water partition coefficient (Wildman–Crippen LogP) is 3.97. The molecule has 2 heterocycles. The fraction of sp³-hybridized carbons (Fsp3) is 0.143. The van der Waals surface area contributed by atoms with Crippen LogP contribution in [0.2, 0.25) is 5.28 Å². The van der Waals surface area contributed by atoms with E-state index in [1.54, 1.807) is 18.4 Å². The van der Waals surface area contributed by atoms with Crippen molar-refractivity contribution in [2.75, 3.05) is 12.4 Å². The average Bonchev–Trinajstić information content (AvgIpc) is 2.93. The predicted molar refractivity (Wildman–Crippen MR) is 82.7 cm³/mol. The minimum atomic E-state index is 0.252. The molecule has 3 aromatic rings. The van der Waals surface area contributed by atoms with Crippen LogP contribution in [0.4, 0.5) is 5.82 Å². The number of nitrogens with zero attached hydrogens (tertiary/aromatic N) is 2. The summed E-state index contributed by atoms with van der Waals surface area (Å²) in [6, 6.07) is 9.86. The SMILES string of the molecule is COc1ccccc1CNc1nc(Cl)nc2sccc12. The van der Waals surface area contributed by atoms with Gasteiger partial charge < -0.3 is 10.1 Å². The van der Waals surface area contributed by atoms with Gasteiger partial charge in [-0.05, 0) is 29.1 Å². The molecule has 0 atom stereocenters. The van der Waals surface area contributed by atoms with Crippen LogP contribution >= 0.6 is 22.9 Å². The van der Waals surface area contributed by atoms with Crippen molar-refractivity contribution in [3.8, 4) is 5.75 Å². The zero-order valence-corrected chi connectivity index (χ0v) is 12.3. The lowest BCUT2D eigenvalue weighted by Gasteiger charge is -2.10. The highest BCUT2D eigenvalue weighted by Gasteiger charge is 2.08. The summed E-state index contributed by atoms with van der Waals surface area (Å²) in [6.07, 6.45) is 0. The van der Waals surface area contributed by atoms with Crippen LogP contribution in [0.3, 0.4) is 0 Å². The molecule has 0 aliphatic carbocycles. The highest BCUT2D eigenvalue weighted by molar-refractivity contribution is 7.16. The second kappa shape index (κ2) is 5.64. The van der Waals surface area contributed by atoms with Gasteiger partial charge >= 0.3 is 0 Å². The van der Waals surface area contributed by atoms with Crippen molar-refractivity contribution in [1.82, 2.24) is 9.97 Å². The summed E-state index contributed by atoms with van der Waals surface area (Å²) in [7, 11) is 1.66. The zero-order chi connectivity index (χ0) is 13.9. The molecular formula is C14H12ClN3OS. The fourth-order valence-corrected chi connectivity index (χ4v) is 2.98. The maximum atomic E-state index is 5.94. The van der Waals surface area contributed by atoms with Gasteiger partial charge in [-0.1, -0.05) is 18.2 Å². The van der Waals surface area contributed by atoms with Crippen molar-refractivity contribution in [3.63, 3.8) is 0 Å². The van der Waals surface area contributed by atoms with Gasteiger partial charge in [-0.15, -0.1) is 11.3 Å². The van der Waals surface area contributed by atoms with Crippen molar-refractivity contribution in [3.05, 3.63) is 46.6 Å². The first-order chi connectivity index (χ1) is 9.78. The largest absolute Gasteiger partial charge is 0.496 e. The first-order valence-electron chi connectivity index (χ1n) is 6.04. The van der Waals surface area contributed by atoms with E-state index in [1.807, 2.05) is 35.7 Å². The number of aromatic nitrogens is 2. The number of anilines is 1. The van der Waals surface area contributed by atoms with Crippen molar-refractivity contribution in [1.29, 1.82) is 0 Å². The third-order valence-electron chi connectivity index (χ3n) is 2.94. The number of nitrogens with one attached hydrogen (secondary N) is 1. The lowest BCUT2D eigenvalue weighted by molar-refractivity contribution is 0.410. The van der Waals surface area contributed by atoms with E-state index in [9.17, 15) is 0 Å². The summed E-state index contributed by atoms with van der Waals surface area (Å²) in [5, 5.41) is 6.51. The van der Waals surface area contributed by atoms with Gasteiger partial charge in [0.2, 0.25) is 5.28 Å². The smallest absolute Gasteiger partial charge is 0.225 e. The Hall–Kier alpha value is -1.85. The van der Waals surface area contributed by atoms with E-state index >= 15 is 0 Å². The van der Waals surface area contributed by atoms with Crippen LogP contribution in [-0.2, 0) is 6.54 Å². The minimum absolute atomic E-state index is 0.252. The van der Waals surface area contributed by atoms with E-state index in [0.29, 0.717) is 6.54 Å². The summed E-state index contributed by atoms with van der Waals surface area (Å²) >= 11 is 7.49. The standard InChI is InChI=1S/C14H12ClN3OS/c1-19-11-5-3-2-4-9(11)8-16-12-10-6-7-20-13(10)18-14(15)17-12/h2-7H,8H2,1H3,(H,16,17,18). The van der Waals surface area contributed by atoms with Crippen LogP contribution in [0.25, 0.3) is 10.2 Å². The molecule has 4 nitrogen and oxygen atoms in total. The van der Waals surface area contributed by atoms with Crippen LogP contribution in [0.1, 0.15) is 5.56 Å². The van der Waals surface area contributed by atoms with Gasteiger partial charge in [0.15, 0.2) is 0 Å². The second-order valence-corrected chi connectivity index (χ2v) is 5.38. The van der Waals surface area contributed by atoms with Gasteiger partial charge in [-0.25, -0.2) is 9.97 Å². The molecule has 0 saturated heterocycles. The highest BCUT2D eigenvalue weighted by atomic mass is 35.5. The fourth-order valence-electron chi connectivity index (χ4n) is 1.99. The molecule has 0 amide bonds. The molecule has 1 aromatic carbocycles. The van der Waals surface area contributed by atoms with Crippen molar-refractivity contribution in [2.45, 2.75) is 6.54 Å². The van der Waals surface area contributed by atoms with Crippen molar-refractivity contribution >= 4 is 39.0 Å². The van der Waals surface area contributed by atoms with Crippen LogP contribution in [0.5, 0.6) is 5.75 Å². The maximum Gasteiger partial charge on any atom is 0.225 e. The van der Waals surface area contributed by atoms with Crippen LogP contribution in [-0.4, -0.2) is 17.1 Å².